The summed E-state index contributed by atoms with van der Waals surface area (Å²) < 4.78 is 0. The molecule has 0 aliphatic carbocycles. The molecule has 1 amide bonds. The van der Waals surface area contributed by atoms with Crippen LogP contribution in [0, 0.1) is 0 Å². The average molecular weight is 259 g/mol. The van der Waals surface area contributed by atoms with E-state index in [1.807, 2.05) is 0 Å². The molecule has 1 rings (SSSR count). The molecule has 1 aromatic heterocycles. The summed E-state index contributed by atoms with van der Waals surface area (Å²) in [6.45, 7) is 1.06. The predicted molar refractivity (Wildman–Crippen MR) is 60.7 cm³/mol. The van der Waals surface area contributed by atoms with Gasteiger partial charge in [0.2, 0.25) is 0 Å². The molecule has 0 spiro atoms. The maximum absolute atomic E-state index is 11.6. The SMILES string of the molecule is CC(N)c1nc(C(=O)N[C@@H](CO)C(=O)O)cs1. The molecule has 0 saturated heterocycles. The maximum Gasteiger partial charge on any atom is 0.328 e. The molecular weight excluding hydrogens is 246 g/mol. The van der Waals surface area contributed by atoms with Crippen LogP contribution >= 0.6 is 11.3 Å². The summed E-state index contributed by atoms with van der Waals surface area (Å²) in [5.74, 6) is -1.95. The molecule has 0 radical (unpaired) electrons. The molecule has 8 heteroatoms. The smallest absolute Gasteiger partial charge is 0.328 e. The lowest BCUT2D eigenvalue weighted by Crippen LogP contribution is -2.43. The number of nitrogens with two attached hydrogens (primary N) is 1. The van der Waals surface area contributed by atoms with E-state index in [0.717, 1.165) is 0 Å². The van der Waals surface area contributed by atoms with Crippen molar-refractivity contribution in [3.8, 4) is 0 Å². The lowest BCUT2D eigenvalue weighted by atomic mass is 10.3. The predicted octanol–water partition coefficient (Wildman–Crippen LogP) is -0.662. The number of hydrogen-bond donors (Lipinski definition) is 4. The molecule has 2 atom stereocenters. The van der Waals surface area contributed by atoms with Gasteiger partial charge in [-0.1, -0.05) is 0 Å². The lowest BCUT2D eigenvalue weighted by Gasteiger charge is -2.09. The molecule has 0 fully saturated rings. The summed E-state index contributed by atoms with van der Waals surface area (Å²) in [5, 5.41) is 21.6. The van der Waals surface area contributed by atoms with Crippen molar-refractivity contribution in [2.75, 3.05) is 6.61 Å². The molecule has 0 saturated carbocycles. The number of rotatable bonds is 5. The van der Waals surface area contributed by atoms with Crippen LogP contribution in [0.2, 0.25) is 0 Å². The Kier molecular flexibility index (Phi) is 4.55. The minimum Gasteiger partial charge on any atom is -0.480 e. The van der Waals surface area contributed by atoms with Crippen LogP contribution in [0.1, 0.15) is 28.5 Å². The third kappa shape index (κ3) is 3.48. The van der Waals surface area contributed by atoms with E-state index in [-0.39, 0.29) is 11.7 Å². The number of aliphatic hydroxyl groups excluding tert-OH is 1. The van der Waals surface area contributed by atoms with Crippen molar-refractivity contribution in [2.45, 2.75) is 19.0 Å². The Hall–Kier alpha value is -1.51. The maximum atomic E-state index is 11.6. The van der Waals surface area contributed by atoms with E-state index >= 15 is 0 Å². The van der Waals surface area contributed by atoms with E-state index < -0.39 is 24.5 Å². The van der Waals surface area contributed by atoms with Crippen LogP contribution in [0.4, 0.5) is 0 Å². The standard InChI is InChI=1S/C9H13N3O4S/c1-4(10)8-12-6(3-17-8)7(14)11-5(2-13)9(15)16/h3-5,13H,2,10H2,1H3,(H,11,14)(H,15,16)/t4?,5-/m0/s1. The number of carboxylic acid groups (broad SMARTS) is 1. The zero-order chi connectivity index (χ0) is 13.0. The van der Waals surface area contributed by atoms with Gasteiger partial charge in [0.05, 0.1) is 12.6 Å². The number of nitrogens with one attached hydrogen (secondary N) is 1. The normalized spacial score (nSPS) is 14.1. The van der Waals surface area contributed by atoms with Crippen LogP contribution < -0.4 is 11.1 Å². The first-order chi connectivity index (χ1) is 7.95. The Labute approximate surface area is 101 Å². The fourth-order valence-corrected chi connectivity index (χ4v) is 1.78. The van der Waals surface area contributed by atoms with Gasteiger partial charge in [-0.05, 0) is 6.92 Å². The molecular formula is C9H13N3O4S. The molecule has 1 heterocycles. The number of nitrogens with zero attached hydrogens (tertiary/aromatic N) is 1. The molecule has 0 aromatic carbocycles. The van der Waals surface area contributed by atoms with Gasteiger partial charge >= 0.3 is 5.97 Å². The Balaban J connectivity index is 2.72. The number of carboxylic acids is 1. The summed E-state index contributed by atoms with van der Waals surface area (Å²) in [5.41, 5.74) is 5.68. The Morgan fingerprint density at radius 2 is 2.29 bits per heavy atom. The highest BCUT2D eigenvalue weighted by Crippen LogP contribution is 2.15. The van der Waals surface area contributed by atoms with Crippen LogP contribution in [0.25, 0.3) is 0 Å². The summed E-state index contributed by atoms with van der Waals surface area (Å²) in [4.78, 5) is 26.1. The number of aliphatic hydroxyl groups is 1. The lowest BCUT2D eigenvalue weighted by molar-refractivity contribution is -0.140. The highest BCUT2D eigenvalue weighted by Gasteiger charge is 2.21. The highest BCUT2D eigenvalue weighted by atomic mass is 32.1. The van der Waals surface area contributed by atoms with E-state index in [4.69, 9.17) is 15.9 Å². The zero-order valence-electron chi connectivity index (χ0n) is 9.08. The molecule has 1 unspecified atom stereocenters. The van der Waals surface area contributed by atoms with E-state index in [1.54, 1.807) is 6.92 Å². The quantitative estimate of drug-likeness (QED) is 0.556. The fourth-order valence-electron chi connectivity index (χ4n) is 1.02. The van der Waals surface area contributed by atoms with Crippen LogP contribution in [-0.4, -0.2) is 39.7 Å². The number of amides is 1. The molecule has 1 aromatic rings. The molecule has 94 valence electrons. The van der Waals surface area contributed by atoms with Crippen LogP contribution in [0.5, 0.6) is 0 Å². The van der Waals surface area contributed by atoms with Gasteiger partial charge in [0.25, 0.3) is 5.91 Å². The van der Waals surface area contributed by atoms with Gasteiger partial charge in [0, 0.05) is 5.38 Å². The van der Waals surface area contributed by atoms with Crippen molar-refractivity contribution in [1.29, 1.82) is 0 Å². The number of carbonyl (C=O) groups excluding carboxylic acids is 1. The number of aliphatic carboxylic acids is 1. The first-order valence-electron chi connectivity index (χ1n) is 4.81. The Morgan fingerprint density at radius 1 is 1.65 bits per heavy atom. The van der Waals surface area contributed by atoms with E-state index in [2.05, 4.69) is 10.3 Å². The fraction of sp³-hybridized carbons (Fsp3) is 0.444. The number of thiazole rings is 1. The van der Waals surface area contributed by atoms with Crippen molar-refractivity contribution in [3.05, 3.63) is 16.1 Å². The zero-order valence-corrected chi connectivity index (χ0v) is 9.90. The summed E-state index contributed by atoms with van der Waals surface area (Å²) in [7, 11) is 0. The Bertz CT molecular complexity index is 418. The largest absolute Gasteiger partial charge is 0.480 e. The second-order valence-corrected chi connectivity index (χ2v) is 4.30. The second kappa shape index (κ2) is 5.71. The van der Waals surface area contributed by atoms with Crippen LogP contribution in [-0.2, 0) is 4.79 Å². The number of hydrogen-bond acceptors (Lipinski definition) is 6. The minimum absolute atomic E-state index is 0.0991. The second-order valence-electron chi connectivity index (χ2n) is 3.41. The van der Waals surface area contributed by atoms with Crippen LogP contribution in [0.15, 0.2) is 5.38 Å². The molecule has 17 heavy (non-hydrogen) atoms. The Morgan fingerprint density at radius 3 is 2.71 bits per heavy atom. The monoisotopic (exact) mass is 259 g/mol. The molecule has 5 N–H and O–H groups in total. The van der Waals surface area contributed by atoms with Crippen molar-refractivity contribution >= 4 is 23.2 Å². The van der Waals surface area contributed by atoms with Gasteiger partial charge in [-0.3, -0.25) is 4.79 Å². The average Bonchev–Trinajstić information content (AvgIpc) is 2.74. The van der Waals surface area contributed by atoms with Gasteiger partial charge < -0.3 is 21.3 Å². The van der Waals surface area contributed by atoms with Gasteiger partial charge in [-0.25, -0.2) is 9.78 Å². The van der Waals surface area contributed by atoms with E-state index in [1.165, 1.54) is 16.7 Å². The first-order valence-corrected chi connectivity index (χ1v) is 5.69. The third-order valence-corrected chi connectivity index (χ3v) is 2.98. The molecule has 0 aliphatic rings. The molecule has 7 nitrogen and oxygen atoms in total. The first kappa shape index (κ1) is 13.6. The summed E-state index contributed by atoms with van der Waals surface area (Å²) in [6.07, 6.45) is 0. The van der Waals surface area contributed by atoms with Crippen molar-refractivity contribution in [2.24, 2.45) is 5.73 Å². The molecule has 0 bridgehead atoms. The summed E-state index contributed by atoms with van der Waals surface area (Å²) >= 11 is 1.22. The van der Waals surface area contributed by atoms with Crippen molar-refractivity contribution in [1.82, 2.24) is 10.3 Å². The minimum atomic E-state index is -1.33. The van der Waals surface area contributed by atoms with Gasteiger partial charge in [-0.2, -0.15) is 0 Å². The van der Waals surface area contributed by atoms with E-state index in [9.17, 15) is 9.59 Å². The number of aromatic nitrogens is 1. The number of carbonyl (C=O) groups is 2. The van der Waals surface area contributed by atoms with Gasteiger partial charge in [-0.15, -0.1) is 11.3 Å². The molecule has 0 aliphatic heterocycles. The van der Waals surface area contributed by atoms with Gasteiger partial charge in [0.1, 0.15) is 10.7 Å². The third-order valence-electron chi connectivity index (χ3n) is 1.93. The topological polar surface area (TPSA) is 126 Å². The highest BCUT2D eigenvalue weighted by molar-refractivity contribution is 7.09. The van der Waals surface area contributed by atoms with Crippen LogP contribution in [0.3, 0.4) is 0 Å². The van der Waals surface area contributed by atoms with E-state index in [0.29, 0.717) is 5.01 Å². The summed E-state index contributed by atoms with van der Waals surface area (Å²) in [6, 6.07) is -1.61. The van der Waals surface area contributed by atoms with Crippen molar-refractivity contribution < 1.29 is 19.8 Å². The van der Waals surface area contributed by atoms with Crippen molar-refractivity contribution in [3.63, 3.8) is 0 Å². The van der Waals surface area contributed by atoms with Gasteiger partial charge in [0.15, 0.2) is 6.04 Å².